The lowest BCUT2D eigenvalue weighted by atomic mass is 9.48. The van der Waals surface area contributed by atoms with Gasteiger partial charge in [-0.05, 0) is 50.0 Å². The van der Waals surface area contributed by atoms with Crippen LogP contribution in [0.3, 0.4) is 0 Å². The molecule has 0 radical (unpaired) electrons. The van der Waals surface area contributed by atoms with Gasteiger partial charge in [0.25, 0.3) is 5.70 Å². The van der Waals surface area contributed by atoms with Crippen LogP contribution >= 0.6 is 0 Å². The summed E-state index contributed by atoms with van der Waals surface area (Å²) in [6.07, 6.45) is 7.50. The molecule has 1 aromatic rings. The van der Waals surface area contributed by atoms with Gasteiger partial charge in [0.05, 0.1) is 4.92 Å². The minimum atomic E-state index is -0.675. The molecular formula is C18H19NO3. The second-order valence-corrected chi connectivity index (χ2v) is 7.52. The van der Waals surface area contributed by atoms with Crippen molar-refractivity contribution in [2.75, 3.05) is 0 Å². The van der Waals surface area contributed by atoms with Gasteiger partial charge in [-0.1, -0.05) is 18.2 Å². The Bertz CT molecular complexity index is 665. The molecule has 1 spiro atoms. The highest BCUT2D eigenvalue weighted by molar-refractivity contribution is 5.63. The zero-order chi connectivity index (χ0) is 14.9. The molecule has 4 bridgehead atoms. The Morgan fingerprint density at radius 1 is 1.05 bits per heavy atom. The first-order chi connectivity index (χ1) is 10.7. The number of nitro groups is 1. The fraction of sp³-hybridized carbons (Fsp3) is 0.556. The SMILES string of the molecule is O=[N+]([O-])C1=Cc2ccccc2OC12C1CC3CC(C1)CC2C3. The number of benzene rings is 1. The maximum Gasteiger partial charge on any atom is 0.290 e. The highest BCUT2D eigenvalue weighted by atomic mass is 16.6. The molecule has 4 nitrogen and oxygen atoms in total. The third-order valence-corrected chi connectivity index (χ3v) is 6.44. The number of para-hydroxylation sites is 1. The van der Waals surface area contributed by atoms with Crippen LogP contribution in [0.2, 0.25) is 0 Å². The molecule has 4 fully saturated rings. The van der Waals surface area contributed by atoms with Crippen molar-refractivity contribution in [2.45, 2.75) is 37.7 Å². The second-order valence-electron chi connectivity index (χ2n) is 7.52. The first-order valence-electron chi connectivity index (χ1n) is 8.31. The molecule has 0 saturated heterocycles. The van der Waals surface area contributed by atoms with Crippen LogP contribution in [0, 0.1) is 33.8 Å². The first kappa shape index (κ1) is 12.7. The molecule has 114 valence electrons. The van der Waals surface area contributed by atoms with E-state index in [9.17, 15) is 10.1 Å². The molecule has 0 aromatic heterocycles. The normalized spacial score (nSPS) is 41.0. The summed E-state index contributed by atoms with van der Waals surface area (Å²) in [6.45, 7) is 0. The van der Waals surface area contributed by atoms with E-state index in [0.717, 1.165) is 48.8 Å². The standard InChI is InChI=1S/C18H19NO3/c20-19(21)17-10-13-3-1-2-4-16(13)22-18(17)14-6-11-5-12(8-14)9-15(18)7-11/h1-4,10-12,14-15H,5-9H2. The van der Waals surface area contributed by atoms with Gasteiger partial charge in [-0.3, -0.25) is 10.1 Å². The van der Waals surface area contributed by atoms with Gasteiger partial charge in [-0.2, -0.15) is 0 Å². The molecule has 0 N–H and O–H groups in total. The van der Waals surface area contributed by atoms with Crippen LogP contribution in [-0.2, 0) is 0 Å². The van der Waals surface area contributed by atoms with E-state index in [2.05, 4.69) is 0 Å². The van der Waals surface area contributed by atoms with Crippen LogP contribution in [0.1, 0.15) is 37.7 Å². The second kappa shape index (κ2) is 4.12. The van der Waals surface area contributed by atoms with Crippen molar-refractivity contribution in [3.05, 3.63) is 45.6 Å². The van der Waals surface area contributed by atoms with Crippen LogP contribution in [0.5, 0.6) is 5.75 Å². The molecule has 4 heteroatoms. The fourth-order valence-corrected chi connectivity index (χ4v) is 5.85. The predicted octanol–water partition coefficient (Wildman–Crippen LogP) is 3.89. The molecule has 22 heavy (non-hydrogen) atoms. The van der Waals surface area contributed by atoms with Crippen molar-refractivity contribution in [3.63, 3.8) is 0 Å². The monoisotopic (exact) mass is 297 g/mol. The van der Waals surface area contributed by atoms with Crippen molar-refractivity contribution in [1.29, 1.82) is 0 Å². The topological polar surface area (TPSA) is 52.4 Å². The smallest absolute Gasteiger partial charge is 0.290 e. The number of nitrogens with zero attached hydrogens (tertiary/aromatic N) is 1. The summed E-state index contributed by atoms with van der Waals surface area (Å²) < 4.78 is 6.46. The highest BCUT2D eigenvalue weighted by Crippen LogP contribution is 2.62. The Hall–Kier alpha value is -1.84. The van der Waals surface area contributed by atoms with E-state index in [-0.39, 0.29) is 4.92 Å². The average Bonchev–Trinajstić information content (AvgIpc) is 2.51. The van der Waals surface area contributed by atoms with Crippen molar-refractivity contribution < 1.29 is 9.66 Å². The van der Waals surface area contributed by atoms with Gasteiger partial charge in [0, 0.05) is 23.5 Å². The Labute approximate surface area is 129 Å². The molecular weight excluding hydrogens is 278 g/mol. The zero-order valence-electron chi connectivity index (χ0n) is 12.4. The summed E-state index contributed by atoms with van der Waals surface area (Å²) >= 11 is 0. The summed E-state index contributed by atoms with van der Waals surface area (Å²) in [5, 5.41) is 11.8. The van der Waals surface area contributed by atoms with Gasteiger partial charge >= 0.3 is 0 Å². The van der Waals surface area contributed by atoms with E-state index in [1.807, 2.05) is 24.3 Å². The maximum absolute atomic E-state index is 11.8. The van der Waals surface area contributed by atoms with Crippen LogP contribution in [-0.4, -0.2) is 10.5 Å². The van der Waals surface area contributed by atoms with Crippen molar-refractivity contribution >= 4 is 6.08 Å². The Morgan fingerprint density at radius 3 is 2.32 bits per heavy atom. The molecule has 1 aliphatic heterocycles. The largest absolute Gasteiger partial charge is 0.475 e. The van der Waals surface area contributed by atoms with E-state index in [0.29, 0.717) is 17.5 Å². The van der Waals surface area contributed by atoms with E-state index in [4.69, 9.17) is 4.74 Å². The number of hydrogen-bond acceptors (Lipinski definition) is 3. The summed E-state index contributed by atoms with van der Waals surface area (Å²) in [6, 6.07) is 7.72. The molecule has 0 atom stereocenters. The zero-order valence-corrected chi connectivity index (χ0v) is 12.4. The summed E-state index contributed by atoms with van der Waals surface area (Å²) in [5.74, 6) is 2.98. The summed E-state index contributed by atoms with van der Waals surface area (Å²) in [5.41, 5.74) is 0.472. The predicted molar refractivity (Wildman–Crippen MR) is 81.8 cm³/mol. The number of ether oxygens (including phenoxy) is 1. The lowest BCUT2D eigenvalue weighted by Crippen LogP contribution is -2.63. The van der Waals surface area contributed by atoms with Crippen LogP contribution in [0.25, 0.3) is 6.08 Å². The molecule has 1 aromatic carbocycles. The van der Waals surface area contributed by atoms with Crippen LogP contribution in [0.4, 0.5) is 0 Å². The lowest BCUT2D eigenvalue weighted by molar-refractivity contribution is -0.451. The molecule has 4 aliphatic carbocycles. The lowest BCUT2D eigenvalue weighted by Gasteiger charge is -2.59. The Morgan fingerprint density at radius 2 is 1.68 bits per heavy atom. The first-order valence-corrected chi connectivity index (χ1v) is 8.31. The summed E-state index contributed by atoms with van der Waals surface area (Å²) in [4.78, 5) is 11.6. The quantitative estimate of drug-likeness (QED) is 0.583. The minimum absolute atomic E-state index is 0.182. The van der Waals surface area contributed by atoms with E-state index >= 15 is 0 Å². The number of rotatable bonds is 1. The van der Waals surface area contributed by atoms with E-state index in [1.165, 1.54) is 6.42 Å². The number of fused-ring (bicyclic) bond motifs is 1. The molecule has 5 aliphatic rings. The molecule has 0 amide bonds. The van der Waals surface area contributed by atoms with Crippen molar-refractivity contribution in [2.24, 2.45) is 23.7 Å². The summed E-state index contributed by atoms with van der Waals surface area (Å²) in [7, 11) is 0. The minimum Gasteiger partial charge on any atom is -0.475 e. The third kappa shape index (κ3) is 1.48. The van der Waals surface area contributed by atoms with Crippen molar-refractivity contribution in [3.8, 4) is 5.75 Å². The van der Waals surface area contributed by atoms with Crippen LogP contribution < -0.4 is 4.74 Å². The highest BCUT2D eigenvalue weighted by Gasteiger charge is 2.65. The Kier molecular flexibility index (Phi) is 2.37. The Balaban J connectivity index is 1.69. The molecule has 1 heterocycles. The number of hydrogen-bond donors (Lipinski definition) is 0. The third-order valence-electron chi connectivity index (χ3n) is 6.44. The van der Waals surface area contributed by atoms with Gasteiger partial charge in [0.1, 0.15) is 5.75 Å². The van der Waals surface area contributed by atoms with Gasteiger partial charge < -0.3 is 4.74 Å². The van der Waals surface area contributed by atoms with Crippen LogP contribution in [0.15, 0.2) is 30.0 Å². The molecule has 0 unspecified atom stereocenters. The fourth-order valence-electron chi connectivity index (χ4n) is 5.85. The van der Waals surface area contributed by atoms with E-state index in [1.54, 1.807) is 6.08 Å². The van der Waals surface area contributed by atoms with Gasteiger partial charge in [0.2, 0.25) is 5.60 Å². The van der Waals surface area contributed by atoms with Gasteiger partial charge in [-0.25, -0.2) is 0 Å². The van der Waals surface area contributed by atoms with Crippen molar-refractivity contribution in [1.82, 2.24) is 0 Å². The maximum atomic E-state index is 11.8. The molecule has 4 saturated carbocycles. The van der Waals surface area contributed by atoms with Gasteiger partial charge in [-0.15, -0.1) is 0 Å². The average molecular weight is 297 g/mol. The molecule has 6 rings (SSSR count). The van der Waals surface area contributed by atoms with Gasteiger partial charge in [0.15, 0.2) is 0 Å². The van der Waals surface area contributed by atoms with E-state index < -0.39 is 5.60 Å².